The summed E-state index contributed by atoms with van der Waals surface area (Å²) < 4.78 is 1.32. The fourth-order valence-electron chi connectivity index (χ4n) is 2.59. The Labute approximate surface area is 151 Å². The van der Waals surface area contributed by atoms with Gasteiger partial charge in [-0.2, -0.15) is 5.10 Å². The fourth-order valence-corrected chi connectivity index (χ4v) is 3.60. The average Bonchev–Trinajstić information content (AvgIpc) is 3.04. The zero-order chi connectivity index (χ0) is 18.0. The molecule has 1 aliphatic heterocycles. The van der Waals surface area contributed by atoms with Gasteiger partial charge in [0, 0.05) is 24.1 Å². The van der Waals surface area contributed by atoms with Gasteiger partial charge in [0.1, 0.15) is 6.04 Å². The van der Waals surface area contributed by atoms with E-state index in [9.17, 15) is 9.59 Å². The van der Waals surface area contributed by atoms with Gasteiger partial charge in [0.25, 0.3) is 0 Å². The third-order valence-electron chi connectivity index (χ3n) is 4.24. The number of aryl methyl sites for hydroxylation is 1. The molecular formula is C18H22N4O2S. The highest BCUT2D eigenvalue weighted by Crippen LogP contribution is 2.29. The molecule has 6 nitrogen and oxygen atoms in total. The normalized spacial score (nSPS) is 19.3. The minimum absolute atomic E-state index is 0.101. The summed E-state index contributed by atoms with van der Waals surface area (Å²) in [7, 11) is 0. The summed E-state index contributed by atoms with van der Waals surface area (Å²) in [6.45, 7) is 6.14. The number of hydrogen-bond donors (Lipinski definition) is 2. The summed E-state index contributed by atoms with van der Waals surface area (Å²) in [4.78, 5) is 24.3. The van der Waals surface area contributed by atoms with Crippen LogP contribution in [0.15, 0.2) is 36.7 Å². The van der Waals surface area contributed by atoms with Crippen LogP contribution in [-0.4, -0.2) is 38.1 Å². The zero-order valence-electron chi connectivity index (χ0n) is 14.6. The molecule has 1 aromatic heterocycles. The Morgan fingerprint density at radius 2 is 2.20 bits per heavy atom. The molecule has 3 rings (SSSR count). The Morgan fingerprint density at radius 1 is 1.44 bits per heavy atom. The molecule has 1 aliphatic rings. The highest BCUT2D eigenvalue weighted by Gasteiger charge is 2.37. The molecule has 1 aromatic carbocycles. The van der Waals surface area contributed by atoms with E-state index in [0.29, 0.717) is 12.3 Å². The SMILES string of the molecule is Cc1ccccc1-n1cc(CNC(=O)C2CSC(C)(C)C(=O)N2)cn1. The van der Waals surface area contributed by atoms with Crippen molar-refractivity contribution in [2.75, 3.05) is 5.75 Å². The van der Waals surface area contributed by atoms with Crippen molar-refractivity contribution in [2.45, 2.75) is 38.1 Å². The lowest BCUT2D eigenvalue weighted by atomic mass is 10.1. The average molecular weight is 358 g/mol. The summed E-state index contributed by atoms with van der Waals surface area (Å²) in [5.41, 5.74) is 3.05. The molecule has 0 bridgehead atoms. The lowest BCUT2D eigenvalue weighted by molar-refractivity contribution is -0.129. The van der Waals surface area contributed by atoms with Gasteiger partial charge in [-0.15, -0.1) is 11.8 Å². The maximum absolute atomic E-state index is 12.3. The van der Waals surface area contributed by atoms with Crippen molar-refractivity contribution in [3.05, 3.63) is 47.8 Å². The van der Waals surface area contributed by atoms with Gasteiger partial charge in [0.2, 0.25) is 11.8 Å². The van der Waals surface area contributed by atoms with Gasteiger partial charge >= 0.3 is 0 Å². The molecule has 0 spiro atoms. The van der Waals surface area contributed by atoms with E-state index in [1.165, 1.54) is 11.8 Å². The topological polar surface area (TPSA) is 76.0 Å². The molecule has 2 heterocycles. The number of thioether (sulfide) groups is 1. The van der Waals surface area contributed by atoms with Crippen molar-refractivity contribution in [1.29, 1.82) is 0 Å². The maximum atomic E-state index is 12.3. The minimum Gasteiger partial charge on any atom is -0.350 e. The molecular weight excluding hydrogens is 336 g/mol. The number of aromatic nitrogens is 2. The highest BCUT2D eigenvalue weighted by molar-refractivity contribution is 8.01. The van der Waals surface area contributed by atoms with Crippen molar-refractivity contribution in [1.82, 2.24) is 20.4 Å². The Morgan fingerprint density at radius 3 is 2.92 bits per heavy atom. The molecule has 2 N–H and O–H groups in total. The second-order valence-corrected chi connectivity index (χ2v) is 8.29. The largest absolute Gasteiger partial charge is 0.350 e. The molecule has 25 heavy (non-hydrogen) atoms. The number of carbonyl (C=O) groups is 2. The highest BCUT2D eigenvalue weighted by atomic mass is 32.2. The summed E-state index contributed by atoms with van der Waals surface area (Å²) in [6.07, 6.45) is 3.64. The van der Waals surface area contributed by atoms with Crippen LogP contribution in [0.3, 0.4) is 0 Å². The number of hydrogen-bond acceptors (Lipinski definition) is 4. The van der Waals surface area contributed by atoms with E-state index in [1.54, 1.807) is 10.9 Å². The van der Waals surface area contributed by atoms with E-state index in [2.05, 4.69) is 15.7 Å². The van der Waals surface area contributed by atoms with Gasteiger partial charge in [0.05, 0.1) is 16.6 Å². The van der Waals surface area contributed by atoms with E-state index in [1.807, 2.05) is 51.2 Å². The quantitative estimate of drug-likeness (QED) is 0.874. The van der Waals surface area contributed by atoms with Gasteiger partial charge in [-0.3, -0.25) is 9.59 Å². The second-order valence-electron chi connectivity index (χ2n) is 6.64. The Bertz CT molecular complexity index is 800. The molecule has 132 valence electrons. The molecule has 0 aliphatic carbocycles. The van der Waals surface area contributed by atoms with Crippen molar-refractivity contribution < 1.29 is 9.59 Å². The molecule has 0 saturated carbocycles. The van der Waals surface area contributed by atoms with E-state index in [0.717, 1.165) is 16.8 Å². The van der Waals surface area contributed by atoms with Gasteiger partial charge < -0.3 is 10.6 Å². The van der Waals surface area contributed by atoms with Gasteiger partial charge in [0.15, 0.2) is 0 Å². The summed E-state index contributed by atoms with van der Waals surface area (Å²) in [5, 5.41) is 10.0. The Kier molecular flexibility index (Phi) is 4.85. The van der Waals surface area contributed by atoms with Crippen LogP contribution < -0.4 is 10.6 Å². The molecule has 7 heteroatoms. The van der Waals surface area contributed by atoms with Gasteiger partial charge in [-0.05, 0) is 32.4 Å². The van der Waals surface area contributed by atoms with Crippen LogP contribution in [0.25, 0.3) is 5.69 Å². The zero-order valence-corrected chi connectivity index (χ0v) is 15.4. The van der Waals surface area contributed by atoms with Crippen LogP contribution in [0.2, 0.25) is 0 Å². The summed E-state index contributed by atoms with van der Waals surface area (Å²) in [6, 6.07) is 7.50. The number of amides is 2. The monoisotopic (exact) mass is 358 g/mol. The van der Waals surface area contributed by atoms with Crippen LogP contribution in [0, 0.1) is 6.92 Å². The number of benzene rings is 1. The van der Waals surface area contributed by atoms with E-state index in [-0.39, 0.29) is 11.8 Å². The number of carbonyl (C=O) groups excluding carboxylic acids is 2. The third kappa shape index (κ3) is 3.87. The number of para-hydroxylation sites is 1. The minimum atomic E-state index is -0.489. The van der Waals surface area contributed by atoms with E-state index in [4.69, 9.17) is 0 Å². The second kappa shape index (κ2) is 6.92. The van der Waals surface area contributed by atoms with Gasteiger partial charge in [-0.25, -0.2) is 4.68 Å². The first-order valence-corrected chi connectivity index (χ1v) is 9.17. The van der Waals surface area contributed by atoms with Crippen LogP contribution in [-0.2, 0) is 16.1 Å². The fraction of sp³-hybridized carbons (Fsp3) is 0.389. The lowest BCUT2D eigenvalue weighted by Crippen LogP contribution is -2.56. The first-order valence-electron chi connectivity index (χ1n) is 8.19. The molecule has 1 fully saturated rings. The number of nitrogens with zero attached hydrogens (tertiary/aromatic N) is 2. The first kappa shape index (κ1) is 17.5. The van der Waals surface area contributed by atoms with Crippen molar-refractivity contribution >= 4 is 23.6 Å². The van der Waals surface area contributed by atoms with Crippen LogP contribution >= 0.6 is 11.8 Å². The van der Waals surface area contributed by atoms with Gasteiger partial charge in [-0.1, -0.05) is 18.2 Å². The van der Waals surface area contributed by atoms with E-state index < -0.39 is 10.8 Å². The molecule has 1 unspecified atom stereocenters. The molecule has 1 atom stereocenters. The standard InChI is InChI=1S/C18H22N4O2S/c1-12-6-4-5-7-15(12)22-10-13(9-20-22)8-19-16(23)14-11-25-18(2,3)17(24)21-14/h4-7,9-10,14H,8,11H2,1-3H3,(H,19,23)(H,21,24). The predicted molar refractivity (Wildman–Crippen MR) is 98.6 cm³/mol. The smallest absolute Gasteiger partial charge is 0.243 e. The van der Waals surface area contributed by atoms with Crippen LogP contribution in [0.5, 0.6) is 0 Å². The summed E-state index contributed by atoms with van der Waals surface area (Å²) >= 11 is 1.50. The summed E-state index contributed by atoms with van der Waals surface area (Å²) in [5.74, 6) is 0.309. The van der Waals surface area contributed by atoms with Crippen molar-refractivity contribution in [2.24, 2.45) is 0 Å². The maximum Gasteiger partial charge on any atom is 0.243 e. The van der Waals surface area contributed by atoms with E-state index >= 15 is 0 Å². The molecule has 2 amide bonds. The predicted octanol–water partition coefficient (Wildman–Crippen LogP) is 1.81. The van der Waals surface area contributed by atoms with Crippen LogP contribution in [0.1, 0.15) is 25.0 Å². The van der Waals surface area contributed by atoms with Crippen LogP contribution in [0.4, 0.5) is 0 Å². The molecule has 1 saturated heterocycles. The number of rotatable bonds is 4. The number of nitrogens with one attached hydrogen (secondary N) is 2. The molecule has 0 radical (unpaired) electrons. The molecule has 2 aromatic rings. The van der Waals surface area contributed by atoms with Crippen molar-refractivity contribution in [3.63, 3.8) is 0 Å². The van der Waals surface area contributed by atoms with Crippen molar-refractivity contribution in [3.8, 4) is 5.69 Å². The third-order valence-corrected chi connectivity index (χ3v) is 5.65. The lowest BCUT2D eigenvalue weighted by Gasteiger charge is -2.32. The Hall–Kier alpha value is -2.28. The Balaban J connectivity index is 1.59. The first-order chi connectivity index (χ1) is 11.9.